The summed E-state index contributed by atoms with van der Waals surface area (Å²) in [5, 5.41) is 2.80. The molecular weight excluding hydrogens is 230 g/mol. The van der Waals surface area contributed by atoms with Gasteiger partial charge < -0.3 is 15.1 Å². The van der Waals surface area contributed by atoms with E-state index in [0.717, 1.165) is 38.8 Å². The van der Waals surface area contributed by atoms with Crippen molar-refractivity contribution in [3.05, 3.63) is 0 Å². The van der Waals surface area contributed by atoms with Gasteiger partial charge in [-0.1, -0.05) is 13.3 Å². The fourth-order valence-electron chi connectivity index (χ4n) is 2.92. The first-order valence-electron chi connectivity index (χ1n) is 6.90. The summed E-state index contributed by atoms with van der Waals surface area (Å²) in [5.74, 6) is 0.0954. The molecule has 2 rings (SSSR count). The number of nitrogens with one attached hydrogen (secondary N) is 1. The van der Waals surface area contributed by atoms with Crippen molar-refractivity contribution < 1.29 is 9.59 Å². The van der Waals surface area contributed by atoms with Crippen LogP contribution < -0.4 is 5.32 Å². The van der Waals surface area contributed by atoms with E-state index in [1.807, 2.05) is 6.92 Å². The molecule has 0 saturated carbocycles. The quantitative estimate of drug-likeness (QED) is 0.782. The summed E-state index contributed by atoms with van der Waals surface area (Å²) in [6.07, 6.45) is 3.77. The van der Waals surface area contributed by atoms with Crippen LogP contribution in [0.5, 0.6) is 0 Å². The monoisotopic (exact) mass is 253 g/mol. The zero-order valence-corrected chi connectivity index (χ0v) is 11.3. The molecule has 2 aliphatic rings. The zero-order chi connectivity index (χ0) is 13.1. The molecule has 2 unspecified atom stereocenters. The molecule has 2 amide bonds. The Morgan fingerprint density at radius 2 is 2.17 bits per heavy atom. The Bertz CT molecular complexity index is 332. The molecule has 0 bridgehead atoms. The first kappa shape index (κ1) is 13.3. The van der Waals surface area contributed by atoms with Gasteiger partial charge in [-0.05, 0) is 32.9 Å². The molecule has 2 heterocycles. The molecule has 0 spiro atoms. The van der Waals surface area contributed by atoms with Crippen molar-refractivity contribution in [2.24, 2.45) is 0 Å². The maximum Gasteiger partial charge on any atom is 0.245 e. The van der Waals surface area contributed by atoms with Crippen molar-refractivity contribution in [1.29, 1.82) is 0 Å². The van der Waals surface area contributed by atoms with Crippen LogP contribution in [0.4, 0.5) is 0 Å². The highest BCUT2D eigenvalue weighted by Gasteiger charge is 2.36. The van der Waals surface area contributed by atoms with Gasteiger partial charge in [-0.15, -0.1) is 0 Å². The number of piperidine rings is 1. The normalized spacial score (nSPS) is 30.4. The number of carbonyl (C=O) groups excluding carboxylic acids is 2. The molecule has 2 saturated heterocycles. The first-order valence-corrected chi connectivity index (χ1v) is 6.90. The van der Waals surface area contributed by atoms with Gasteiger partial charge in [0.2, 0.25) is 11.8 Å². The zero-order valence-electron chi connectivity index (χ0n) is 11.3. The minimum absolute atomic E-state index is 0.0127. The van der Waals surface area contributed by atoms with E-state index in [0.29, 0.717) is 0 Å². The Balaban J connectivity index is 2.05. The highest BCUT2D eigenvalue weighted by molar-refractivity contribution is 5.95. The average molecular weight is 253 g/mol. The molecule has 5 heteroatoms. The highest BCUT2D eigenvalue weighted by atomic mass is 16.2. The van der Waals surface area contributed by atoms with Crippen LogP contribution in [0.3, 0.4) is 0 Å². The number of hydrogen-bond acceptors (Lipinski definition) is 3. The lowest BCUT2D eigenvalue weighted by molar-refractivity contribution is -0.147. The molecule has 2 fully saturated rings. The standard InChI is InChI=1S/C13H23N3O2/c1-3-5-11-13(18)16(9-12(17)14-11)10-6-4-7-15(2)8-10/h10-11H,3-9H2,1-2H3,(H,14,17). The van der Waals surface area contributed by atoms with Crippen molar-refractivity contribution in [2.75, 3.05) is 26.7 Å². The number of carbonyl (C=O) groups is 2. The molecule has 5 nitrogen and oxygen atoms in total. The number of likely N-dealkylation sites (tertiary alicyclic amines) is 1. The summed E-state index contributed by atoms with van der Waals surface area (Å²) in [7, 11) is 2.07. The number of piperazine rings is 1. The van der Waals surface area contributed by atoms with E-state index in [2.05, 4.69) is 17.3 Å². The summed E-state index contributed by atoms with van der Waals surface area (Å²) in [6.45, 7) is 4.24. The van der Waals surface area contributed by atoms with Gasteiger partial charge in [0, 0.05) is 12.6 Å². The van der Waals surface area contributed by atoms with Gasteiger partial charge in [0.1, 0.15) is 6.04 Å². The third kappa shape index (κ3) is 2.83. The van der Waals surface area contributed by atoms with Crippen molar-refractivity contribution >= 4 is 11.8 Å². The summed E-state index contributed by atoms with van der Waals surface area (Å²) in [5.41, 5.74) is 0. The van der Waals surface area contributed by atoms with Crippen LogP contribution in [0.15, 0.2) is 0 Å². The summed E-state index contributed by atoms with van der Waals surface area (Å²) in [4.78, 5) is 28.1. The highest BCUT2D eigenvalue weighted by Crippen LogP contribution is 2.18. The topological polar surface area (TPSA) is 52.7 Å². The fraction of sp³-hybridized carbons (Fsp3) is 0.846. The molecule has 0 aromatic rings. The third-order valence-corrected chi connectivity index (χ3v) is 3.85. The van der Waals surface area contributed by atoms with Crippen LogP contribution in [0.2, 0.25) is 0 Å². The number of rotatable bonds is 3. The van der Waals surface area contributed by atoms with Gasteiger partial charge in [-0.3, -0.25) is 9.59 Å². The predicted molar refractivity (Wildman–Crippen MR) is 69.1 cm³/mol. The number of nitrogens with zero attached hydrogens (tertiary/aromatic N) is 2. The van der Waals surface area contributed by atoms with Crippen molar-refractivity contribution in [3.8, 4) is 0 Å². The van der Waals surface area contributed by atoms with E-state index in [1.165, 1.54) is 0 Å². The van der Waals surface area contributed by atoms with Crippen LogP contribution in [0, 0.1) is 0 Å². The smallest absolute Gasteiger partial charge is 0.245 e. The van der Waals surface area contributed by atoms with E-state index >= 15 is 0 Å². The lowest BCUT2D eigenvalue weighted by atomic mass is 10.0. The molecule has 18 heavy (non-hydrogen) atoms. The maximum atomic E-state index is 12.4. The van der Waals surface area contributed by atoms with Gasteiger partial charge in [0.05, 0.1) is 6.54 Å². The largest absolute Gasteiger partial charge is 0.343 e. The Morgan fingerprint density at radius 1 is 1.39 bits per heavy atom. The SMILES string of the molecule is CCCC1NC(=O)CN(C2CCCN(C)C2)C1=O. The van der Waals surface area contributed by atoms with E-state index in [-0.39, 0.29) is 30.4 Å². The first-order chi connectivity index (χ1) is 8.61. The van der Waals surface area contributed by atoms with E-state index in [4.69, 9.17) is 0 Å². The lowest BCUT2D eigenvalue weighted by Gasteiger charge is -2.41. The minimum atomic E-state index is -0.302. The molecule has 0 aliphatic carbocycles. The molecule has 102 valence electrons. The van der Waals surface area contributed by atoms with Crippen LogP contribution in [0.25, 0.3) is 0 Å². The minimum Gasteiger partial charge on any atom is -0.343 e. The van der Waals surface area contributed by atoms with Crippen molar-refractivity contribution in [2.45, 2.75) is 44.7 Å². The summed E-state index contributed by atoms with van der Waals surface area (Å²) >= 11 is 0. The third-order valence-electron chi connectivity index (χ3n) is 3.85. The van der Waals surface area contributed by atoms with E-state index < -0.39 is 0 Å². The van der Waals surface area contributed by atoms with Crippen LogP contribution in [-0.4, -0.2) is 60.4 Å². The second-order valence-corrected chi connectivity index (χ2v) is 5.43. The lowest BCUT2D eigenvalue weighted by Crippen LogP contribution is -2.62. The second-order valence-electron chi connectivity index (χ2n) is 5.43. The predicted octanol–water partition coefficient (Wildman–Crippen LogP) is 0.208. The molecular formula is C13H23N3O2. The van der Waals surface area contributed by atoms with Gasteiger partial charge in [0.25, 0.3) is 0 Å². The molecule has 2 aliphatic heterocycles. The van der Waals surface area contributed by atoms with E-state index in [9.17, 15) is 9.59 Å². The molecule has 0 radical (unpaired) electrons. The Labute approximate surface area is 108 Å². The second kappa shape index (κ2) is 5.69. The maximum absolute atomic E-state index is 12.4. The number of likely N-dealkylation sites (N-methyl/N-ethyl adjacent to an activating group) is 1. The summed E-state index contributed by atoms with van der Waals surface area (Å²) in [6, 6.07) is -0.0925. The fourth-order valence-corrected chi connectivity index (χ4v) is 2.92. The van der Waals surface area contributed by atoms with Gasteiger partial charge in [-0.25, -0.2) is 0 Å². The van der Waals surface area contributed by atoms with Gasteiger partial charge in [-0.2, -0.15) is 0 Å². The van der Waals surface area contributed by atoms with Crippen LogP contribution >= 0.6 is 0 Å². The Kier molecular flexibility index (Phi) is 4.22. The Morgan fingerprint density at radius 3 is 2.83 bits per heavy atom. The molecule has 0 aromatic heterocycles. The Hall–Kier alpha value is -1.10. The number of amides is 2. The van der Waals surface area contributed by atoms with E-state index in [1.54, 1.807) is 4.90 Å². The van der Waals surface area contributed by atoms with Gasteiger partial charge >= 0.3 is 0 Å². The average Bonchev–Trinajstić information content (AvgIpc) is 2.33. The van der Waals surface area contributed by atoms with Crippen molar-refractivity contribution in [1.82, 2.24) is 15.1 Å². The number of hydrogen-bond donors (Lipinski definition) is 1. The van der Waals surface area contributed by atoms with Crippen molar-refractivity contribution in [3.63, 3.8) is 0 Å². The molecule has 0 aromatic carbocycles. The van der Waals surface area contributed by atoms with Crippen LogP contribution in [0.1, 0.15) is 32.6 Å². The summed E-state index contributed by atoms with van der Waals surface area (Å²) < 4.78 is 0. The van der Waals surface area contributed by atoms with Crippen LogP contribution in [-0.2, 0) is 9.59 Å². The molecule has 1 N–H and O–H groups in total. The molecule has 2 atom stereocenters. The van der Waals surface area contributed by atoms with Gasteiger partial charge in [0.15, 0.2) is 0 Å².